The second-order valence-corrected chi connectivity index (χ2v) is 42.8. The van der Waals surface area contributed by atoms with E-state index < -0.39 is 41.7 Å². The van der Waals surface area contributed by atoms with E-state index in [1.54, 1.807) is 33.4 Å². The summed E-state index contributed by atoms with van der Waals surface area (Å²) in [7, 11) is 19.7. The Morgan fingerprint density at radius 1 is 0.337 bits per heavy atom. The topological polar surface area (TPSA) is 0 Å². The molecule has 14 rings (SSSR count). The van der Waals surface area contributed by atoms with Gasteiger partial charge in [0.15, 0.2) is 0 Å². The van der Waals surface area contributed by atoms with Crippen molar-refractivity contribution in [2.45, 2.75) is 199 Å². The molecule has 98 heavy (non-hydrogen) atoms. The van der Waals surface area contributed by atoms with E-state index in [1.165, 1.54) is 110 Å². The van der Waals surface area contributed by atoms with Crippen molar-refractivity contribution in [1.29, 1.82) is 0 Å². The molecule has 8 unspecified atom stereocenters. The van der Waals surface area contributed by atoms with Gasteiger partial charge in [-0.1, -0.05) is 304 Å². The van der Waals surface area contributed by atoms with Gasteiger partial charge in [-0.2, -0.15) is 0 Å². The van der Waals surface area contributed by atoms with Gasteiger partial charge < -0.3 is 29.7 Å². The molecular formula is C92H124Cl4Zr2. The van der Waals surface area contributed by atoms with Crippen molar-refractivity contribution < 1.29 is 41.7 Å². The van der Waals surface area contributed by atoms with Gasteiger partial charge in [-0.15, -0.1) is 0 Å². The molecule has 0 aromatic heterocycles. The summed E-state index contributed by atoms with van der Waals surface area (Å²) < 4.78 is 0. The van der Waals surface area contributed by atoms with Crippen molar-refractivity contribution in [3.63, 3.8) is 0 Å². The fourth-order valence-corrected chi connectivity index (χ4v) is 21.2. The molecule has 10 aliphatic rings. The summed E-state index contributed by atoms with van der Waals surface area (Å²) in [4.78, 5) is 0. The third kappa shape index (κ3) is 15.5. The van der Waals surface area contributed by atoms with Crippen LogP contribution >= 0.6 is 34.1 Å². The molecule has 0 radical (unpaired) electrons. The van der Waals surface area contributed by atoms with Crippen molar-refractivity contribution in [3.8, 4) is 0 Å². The van der Waals surface area contributed by atoms with Crippen LogP contribution in [-0.2, 0) is 52.5 Å². The summed E-state index contributed by atoms with van der Waals surface area (Å²) in [6, 6.07) is 43.4. The van der Waals surface area contributed by atoms with E-state index in [9.17, 15) is 0 Å². The summed E-state index contributed by atoms with van der Waals surface area (Å²) in [5.41, 5.74) is 19.8. The molecule has 8 atom stereocenters. The maximum absolute atomic E-state index is 4.93. The van der Waals surface area contributed by atoms with Gasteiger partial charge in [0.25, 0.3) is 0 Å². The van der Waals surface area contributed by atoms with Crippen LogP contribution in [0.4, 0.5) is 0 Å². The van der Waals surface area contributed by atoms with E-state index in [1.807, 2.05) is 0 Å². The average Bonchev–Trinajstić information content (AvgIpc) is 1.50. The van der Waals surface area contributed by atoms with E-state index in [0.717, 1.165) is 0 Å². The van der Waals surface area contributed by atoms with E-state index in [4.69, 9.17) is 34.1 Å². The van der Waals surface area contributed by atoms with E-state index in [0.29, 0.717) is 71.0 Å². The normalized spacial score (nSPS) is 28.0. The number of halogens is 4. The molecule has 0 aliphatic heterocycles. The summed E-state index contributed by atoms with van der Waals surface area (Å²) >= 11 is -1.65. The molecule has 0 bridgehead atoms. The number of rotatable bonds is 8. The third-order valence-corrected chi connectivity index (χ3v) is 26.1. The fourth-order valence-electron chi connectivity index (χ4n) is 21.2. The molecule has 4 aromatic carbocycles. The molecule has 0 saturated heterocycles. The van der Waals surface area contributed by atoms with E-state index >= 15 is 0 Å². The van der Waals surface area contributed by atoms with Crippen LogP contribution in [0.3, 0.4) is 0 Å². The number of hydrogen-bond acceptors (Lipinski definition) is 0. The van der Waals surface area contributed by atoms with Crippen LogP contribution in [-0.4, -0.2) is 0 Å². The van der Waals surface area contributed by atoms with Crippen LogP contribution < -0.4 is 0 Å². The Labute approximate surface area is 638 Å². The van der Waals surface area contributed by atoms with Crippen molar-refractivity contribution >= 4 is 34.1 Å². The standard InChI is InChI=1S/C49H64.C39H48.4CH3.4ClH.2Zr/c1-31-15-19-34(20-16-31)49(33-13-11-12-14-33,35-21-17-32(2)18-22-35)44-38-29-42-40(45(3,4)23-25-47(42,7)8)27-36(38)37-28-41-43(30-39(37)44)48(9,10)26-24-46(41,5)6;1-37(2,3)30-21-23-32-33-24-22-31(38(4,5)6)26-35(33)36(34(32)25-30)39(29-19-13-14-20-29,27-15-9-7-10-16-27)28-17-11-8-12-18-28;;;;;;;;;;/h15-22,27-30,33,36-39,44H,11-14,23-26H2,1-10H3;7-12,15-18,21-26,29,32-36H,13-14,19-20H2,1-6H3;4*1H3;4*1H;;/q;;4*-1;;;;;2*+4/p-4. The summed E-state index contributed by atoms with van der Waals surface area (Å²) in [5, 5.41) is 0. The second kappa shape index (κ2) is 32.6. The first-order chi connectivity index (χ1) is 44.5. The van der Waals surface area contributed by atoms with Crippen molar-refractivity contribution in [2.24, 2.45) is 104 Å². The minimum absolute atomic E-state index is 0. The zero-order chi connectivity index (χ0) is 67.6. The fraction of sp³-hybridized carbons (Fsp3) is 0.522. The Bertz CT molecular complexity index is 3350. The zero-order valence-corrected chi connectivity index (χ0v) is 72.0. The molecule has 6 heteroatoms. The Hall–Kier alpha value is -2.27. The Balaban J connectivity index is 0.000000251. The van der Waals surface area contributed by atoms with Crippen LogP contribution in [0.2, 0.25) is 0 Å². The third-order valence-electron chi connectivity index (χ3n) is 26.1. The molecule has 0 N–H and O–H groups in total. The monoisotopic (exact) mass is 1550 g/mol. The summed E-state index contributed by atoms with van der Waals surface area (Å²) in [5.74, 6) is 6.49. The molecule has 10 aliphatic carbocycles. The van der Waals surface area contributed by atoms with Gasteiger partial charge in [0, 0.05) is 10.8 Å². The summed E-state index contributed by atoms with van der Waals surface area (Å²) in [6.07, 6.45) is 43.1. The number of hydrogen-bond donors (Lipinski definition) is 0. The number of allylic oxidation sites excluding steroid dienone is 16. The molecule has 6 saturated carbocycles. The van der Waals surface area contributed by atoms with Crippen molar-refractivity contribution in [1.82, 2.24) is 0 Å². The molecule has 6 fully saturated rings. The van der Waals surface area contributed by atoms with Gasteiger partial charge >= 0.3 is 75.7 Å². The Kier molecular flexibility index (Phi) is 27.6. The first-order valence-corrected chi connectivity index (χ1v) is 49.1. The molecular weight excluding hydrogens is 1430 g/mol. The first kappa shape index (κ1) is 83.0. The molecule has 0 spiro atoms. The predicted molar refractivity (Wildman–Crippen MR) is 424 cm³/mol. The van der Waals surface area contributed by atoms with Crippen molar-refractivity contribution in [3.05, 3.63) is 266 Å². The van der Waals surface area contributed by atoms with Gasteiger partial charge in [0.1, 0.15) is 0 Å². The number of aryl methyl sites for hydroxylation is 2. The number of fused-ring (bicyclic) bond motifs is 8. The van der Waals surface area contributed by atoms with Crippen molar-refractivity contribution in [2.75, 3.05) is 0 Å². The summed E-state index contributed by atoms with van der Waals surface area (Å²) in [6.45, 7) is 39.2. The predicted octanol–water partition coefficient (Wildman–Crippen LogP) is 28.2. The minimum atomic E-state index is -0.826. The maximum atomic E-state index is 4.93. The Morgan fingerprint density at radius 2 is 0.582 bits per heavy atom. The van der Waals surface area contributed by atoms with E-state index in [-0.39, 0.29) is 73.0 Å². The van der Waals surface area contributed by atoms with Crippen LogP contribution in [0.25, 0.3) is 0 Å². The van der Waals surface area contributed by atoms with Crippen LogP contribution in [0, 0.1) is 147 Å². The quantitative estimate of drug-likeness (QED) is 0.154. The van der Waals surface area contributed by atoms with E-state index in [2.05, 4.69) is 281 Å². The molecule has 528 valence electrons. The van der Waals surface area contributed by atoms with Gasteiger partial charge in [-0.05, 0) is 224 Å². The van der Waals surface area contributed by atoms with Gasteiger partial charge in [-0.25, -0.2) is 0 Å². The average molecular weight is 1550 g/mol. The molecule has 0 heterocycles. The van der Waals surface area contributed by atoms with Gasteiger partial charge in [0.2, 0.25) is 0 Å². The van der Waals surface area contributed by atoms with Crippen LogP contribution in [0.5, 0.6) is 0 Å². The SMILES string of the molecule is CC(C)(C)C1=CC2C(C=C1)C1C=CC(C(C)(C)C)=CC1C2C(c1ccccc1)(c1ccccc1)C1CCCC1.Cc1ccc(C(c2ccc(C)cc2)(C2CCCC2)C2C3C=C4C(=CC3C3C=C5C(=CC32)C(C)(C)CCC5(C)C)C(C)(C)CCC4(C)C)cc1.[CH3-].[CH3-].[CH3-].[CH3-].[Cl][Zr+2][Cl].[Cl][Zr+2][Cl]. The Morgan fingerprint density at radius 3 is 0.847 bits per heavy atom. The zero-order valence-electron chi connectivity index (χ0n) is 64.1. The van der Waals surface area contributed by atoms with Gasteiger partial charge in [0.05, 0.1) is 0 Å². The van der Waals surface area contributed by atoms with Gasteiger partial charge in [-0.3, -0.25) is 0 Å². The molecule has 0 amide bonds. The van der Waals surface area contributed by atoms with Crippen LogP contribution in [0.1, 0.15) is 207 Å². The first-order valence-electron chi connectivity index (χ1n) is 36.4. The second-order valence-electron chi connectivity index (χ2n) is 35.3. The number of benzene rings is 4. The molecule has 0 nitrogen and oxygen atoms in total. The van der Waals surface area contributed by atoms with Crippen LogP contribution in [0.15, 0.2) is 203 Å². The molecule has 4 aromatic rings.